The van der Waals surface area contributed by atoms with E-state index in [9.17, 15) is 4.79 Å². The minimum absolute atomic E-state index is 0.286. The topological polar surface area (TPSA) is 32.3 Å². The molecule has 1 amide bonds. The van der Waals surface area contributed by atoms with Gasteiger partial charge in [0.2, 0.25) is 5.91 Å². The highest BCUT2D eigenvalue weighted by Gasteiger charge is 2.17. The molecule has 1 heterocycles. The van der Waals surface area contributed by atoms with Crippen molar-refractivity contribution in [3.63, 3.8) is 0 Å². The minimum Gasteiger partial charge on any atom is -0.343 e. The van der Waals surface area contributed by atoms with Gasteiger partial charge in [0.25, 0.3) is 0 Å². The summed E-state index contributed by atoms with van der Waals surface area (Å²) < 4.78 is 0. The summed E-state index contributed by atoms with van der Waals surface area (Å²) in [4.78, 5) is 13.9. The molecule has 0 aromatic heterocycles. The Balaban J connectivity index is 1.65. The van der Waals surface area contributed by atoms with Gasteiger partial charge in [-0.25, -0.2) is 0 Å². The Morgan fingerprint density at radius 3 is 2.60 bits per heavy atom. The molecule has 3 nitrogen and oxygen atoms in total. The fraction of sp³-hybridized carbons (Fsp3) is 0.562. The van der Waals surface area contributed by atoms with Gasteiger partial charge in [0.1, 0.15) is 0 Å². The average Bonchev–Trinajstić information content (AvgIpc) is 2.95. The largest absolute Gasteiger partial charge is 0.343 e. The van der Waals surface area contributed by atoms with E-state index in [1.165, 1.54) is 5.56 Å². The molecule has 1 unspecified atom stereocenters. The summed E-state index contributed by atoms with van der Waals surface area (Å²) in [6.07, 6.45) is 3.87. The van der Waals surface area contributed by atoms with E-state index < -0.39 is 0 Å². The Morgan fingerprint density at radius 1 is 1.30 bits per heavy atom. The molecule has 1 aromatic carbocycles. The van der Waals surface area contributed by atoms with Crippen LogP contribution in [-0.2, 0) is 11.2 Å². The van der Waals surface area contributed by atoms with Crippen LogP contribution in [0.4, 0.5) is 0 Å². The predicted octanol–water partition coefficient (Wildman–Crippen LogP) is 2.87. The molecule has 0 saturated carbocycles. The molecule has 1 fully saturated rings. The number of rotatable bonds is 6. The van der Waals surface area contributed by atoms with Crippen molar-refractivity contribution in [2.45, 2.75) is 38.6 Å². The van der Waals surface area contributed by atoms with Crippen LogP contribution in [0.1, 0.15) is 31.7 Å². The number of hydrogen-bond acceptors (Lipinski definition) is 2. The van der Waals surface area contributed by atoms with Gasteiger partial charge in [-0.3, -0.25) is 4.79 Å². The molecule has 20 heavy (non-hydrogen) atoms. The Bertz CT molecular complexity index is 427. The lowest BCUT2D eigenvalue weighted by molar-refractivity contribution is -0.130. The highest BCUT2D eigenvalue weighted by molar-refractivity contribution is 6.30. The van der Waals surface area contributed by atoms with Gasteiger partial charge in [0.05, 0.1) is 0 Å². The fourth-order valence-corrected chi connectivity index (χ4v) is 2.72. The molecule has 1 N–H and O–H groups in total. The summed E-state index contributed by atoms with van der Waals surface area (Å²) in [6.45, 7) is 4.79. The molecule has 110 valence electrons. The third-order valence-corrected chi connectivity index (χ3v) is 4.00. The van der Waals surface area contributed by atoms with E-state index in [0.717, 1.165) is 43.9 Å². The van der Waals surface area contributed by atoms with Crippen molar-refractivity contribution >= 4 is 17.5 Å². The lowest BCUT2D eigenvalue weighted by Crippen LogP contribution is -2.34. The third-order valence-electron chi connectivity index (χ3n) is 3.75. The Kier molecular flexibility index (Phi) is 5.86. The normalized spacial score (nSPS) is 16.4. The van der Waals surface area contributed by atoms with Crippen LogP contribution in [0.2, 0.25) is 5.02 Å². The molecule has 1 saturated heterocycles. The second kappa shape index (κ2) is 7.65. The highest BCUT2D eigenvalue weighted by Crippen LogP contribution is 2.11. The van der Waals surface area contributed by atoms with E-state index >= 15 is 0 Å². The van der Waals surface area contributed by atoms with Crippen molar-refractivity contribution in [2.75, 3.05) is 19.6 Å². The van der Waals surface area contributed by atoms with Crippen LogP contribution in [0.15, 0.2) is 24.3 Å². The first-order valence-electron chi connectivity index (χ1n) is 7.41. The van der Waals surface area contributed by atoms with E-state index in [1.54, 1.807) is 0 Å². The number of carbonyl (C=O) groups excluding carboxylic acids is 1. The molecule has 0 radical (unpaired) electrons. The first-order valence-corrected chi connectivity index (χ1v) is 7.78. The van der Waals surface area contributed by atoms with Crippen LogP contribution in [0.25, 0.3) is 0 Å². The Morgan fingerprint density at radius 2 is 1.95 bits per heavy atom. The van der Waals surface area contributed by atoms with E-state index in [4.69, 9.17) is 11.6 Å². The maximum absolute atomic E-state index is 11.9. The van der Waals surface area contributed by atoms with Crippen LogP contribution in [0.5, 0.6) is 0 Å². The third kappa shape index (κ3) is 4.80. The van der Waals surface area contributed by atoms with Gasteiger partial charge in [-0.05, 0) is 43.9 Å². The number of hydrogen-bond donors (Lipinski definition) is 1. The number of halogens is 1. The van der Waals surface area contributed by atoms with Gasteiger partial charge in [0, 0.05) is 37.1 Å². The number of benzene rings is 1. The Hall–Kier alpha value is -1.06. The summed E-state index contributed by atoms with van der Waals surface area (Å²) in [5.74, 6) is 0.286. The van der Waals surface area contributed by atoms with Crippen LogP contribution < -0.4 is 5.32 Å². The first kappa shape index (κ1) is 15.3. The first-order chi connectivity index (χ1) is 9.65. The Labute approximate surface area is 126 Å². The molecule has 0 spiro atoms. The van der Waals surface area contributed by atoms with E-state index in [0.29, 0.717) is 12.5 Å². The average molecular weight is 295 g/mol. The van der Waals surface area contributed by atoms with Crippen LogP contribution in [-0.4, -0.2) is 36.5 Å². The number of amides is 1. The molecule has 1 aromatic rings. The zero-order chi connectivity index (χ0) is 14.4. The van der Waals surface area contributed by atoms with Gasteiger partial charge >= 0.3 is 0 Å². The lowest BCUT2D eigenvalue weighted by Gasteiger charge is -2.17. The molecule has 0 aliphatic carbocycles. The quantitative estimate of drug-likeness (QED) is 0.875. The van der Waals surface area contributed by atoms with Gasteiger partial charge in [-0.15, -0.1) is 0 Å². The van der Waals surface area contributed by atoms with E-state index in [2.05, 4.69) is 24.4 Å². The SMILES string of the molecule is CC(Cc1ccc(Cl)cc1)NCCC(=O)N1CCCC1. The van der Waals surface area contributed by atoms with Gasteiger partial charge in [-0.2, -0.15) is 0 Å². The molecule has 1 atom stereocenters. The molecule has 0 bridgehead atoms. The highest BCUT2D eigenvalue weighted by atomic mass is 35.5. The molecule has 1 aliphatic rings. The zero-order valence-corrected chi connectivity index (χ0v) is 12.8. The van der Waals surface area contributed by atoms with Crippen molar-refractivity contribution in [3.8, 4) is 0 Å². The van der Waals surface area contributed by atoms with Crippen molar-refractivity contribution < 1.29 is 4.79 Å². The van der Waals surface area contributed by atoms with E-state index in [-0.39, 0.29) is 5.91 Å². The summed E-state index contributed by atoms with van der Waals surface area (Å²) >= 11 is 5.87. The molecule has 4 heteroatoms. The standard InChI is InChI=1S/C16H23ClN2O/c1-13(12-14-4-6-15(17)7-5-14)18-9-8-16(20)19-10-2-3-11-19/h4-7,13,18H,2-3,8-12H2,1H3. The summed E-state index contributed by atoms with van der Waals surface area (Å²) in [7, 11) is 0. The lowest BCUT2D eigenvalue weighted by atomic mass is 10.1. The number of likely N-dealkylation sites (tertiary alicyclic amines) is 1. The van der Waals surface area contributed by atoms with Crippen LogP contribution in [0.3, 0.4) is 0 Å². The summed E-state index contributed by atoms with van der Waals surface area (Å²) in [5.41, 5.74) is 1.26. The molecule has 1 aliphatic heterocycles. The maximum atomic E-state index is 11.9. The predicted molar refractivity (Wildman–Crippen MR) is 83.1 cm³/mol. The second-order valence-electron chi connectivity index (χ2n) is 5.52. The van der Waals surface area contributed by atoms with Gasteiger partial charge < -0.3 is 10.2 Å². The smallest absolute Gasteiger partial charge is 0.223 e. The molecular weight excluding hydrogens is 272 g/mol. The van der Waals surface area contributed by atoms with Crippen LogP contribution >= 0.6 is 11.6 Å². The number of nitrogens with one attached hydrogen (secondary N) is 1. The minimum atomic E-state index is 0.286. The number of carbonyl (C=O) groups is 1. The second-order valence-corrected chi connectivity index (χ2v) is 5.96. The van der Waals surface area contributed by atoms with Crippen molar-refractivity contribution in [1.82, 2.24) is 10.2 Å². The molecule has 2 rings (SSSR count). The van der Waals surface area contributed by atoms with Crippen molar-refractivity contribution in [1.29, 1.82) is 0 Å². The van der Waals surface area contributed by atoms with E-state index in [1.807, 2.05) is 17.0 Å². The summed E-state index contributed by atoms with van der Waals surface area (Å²) in [5, 5.41) is 4.19. The monoisotopic (exact) mass is 294 g/mol. The van der Waals surface area contributed by atoms with Crippen molar-refractivity contribution in [3.05, 3.63) is 34.9 Å². The zero-order valence-electron chi connectivity index (χ0n) is 12.1. The maximum Gasteiger partial charge on any atom is 0.223 e. The van der Waals surface area contributed by atoms with Gasteiger partial charge in [0.15, 0.2) is 0 Å². The van der Waals surface area contributed by atoms with Crippen molar-refractivity contribution in [2.24, 2.45) is 0 Å². The molecular formula is C16H23ClN2O. The van der Waals surface area contributed by atoms with Crippen LogP contribution in [0, 0.1) is 0 Å². The fourth-order valence-electron chi connectivity index (χ4n) is 2.60. The summed E-state index contributed by atoms with van der Waals surface area (Å²) in [6, 6.07) is 8.30. The number of nitrogens with zero attached hydrogens (tertiary/aromatic N) is 1. The van der Waals surface area contributed by atoms with Gasteiger partial charge in [-0.1, -0.05) is 23.7 Å².